The Bertz CT molecular complexity index is 607. The Hall–Kier alpha value is -1.17. The first kappa shape index (κ1) is 14.8. The van der Waals surface area contributed by atoms with Crippen molar-refractivity contribution in [2.45, 2.75) is 37.5 Å². The van der Waals surface area contributed by atoms with E-state index in [1.54, 1.807) is 0 Å². The van der Waals surface area contributed by atoms with Crippen molar-refractivity contribution in [1.82, 2.24) is 9.97 Å². The molecule has 1 heterocycles. The molecule has 3 rings (SSSR count). The molecule has 1 aromatic carbocycles. The minimum atomic E-state index is -0.0184. The molecule has 110 valence electrons. The Labute approximate surface area is 139 Å². The van der Waals surface area contributed by atoms with E-state index in [1.165, 1.54) is 24.8 Å². The molecule has 0 aliphatic heterocycles. The summed E-state index contributed by atoms with van der Waals surface area (Å²) in [6.07, 6.45) is 8.03. The molecular weight excluding hydrogens is 373 g/mol. The third kappa shape index (κ3) is 2.78. The van der Waals surface area contributed by atoms with Gasteiger partial charge in [-0.15, -0.1) is 0 Å². The summed E-state index contributed by atoms with van der Waals surface area (Å²) in [6, 6.07) is 10.8. The number of rotatable bonds is 3. The van der Waals surface area contributed by atoms with Crippen LogP contribution in [0.25, 0.3) is 0 Å². The quantitative estimate of drug-likeness (QED) is 0.787. The molecule has 0 saturated heterocycles. The number of nitrogens with zero attached hydrogens (tertiary/aromatic N) is 2. The summed E-state index contributed by atoms with van der Waals surface area (Å²) < 4.78 is 1.07. The van der Waals surface area contributed by atoms with Crippen LogP contribution in [0.1, 0.15) is 43.5 Å². The molecular formula is C17H20IN3. The largest absolute Gasteiger partial charge is 0.372 e. The fraction of sp³-hybridized carbons (Fsp3) is 0.412. The van der Waals surface area contributed by atoms with Crippen LogP contribution >= 0.6 is 22.6 Å². The van der Waals surface area contributed by atoms with E-state index >= 15 is 0 Å². The number of aromatic nitrogens is 2. The van der Waals surface area contributed by atoms with E-state index in [0.717, 1.165) is 28.1 Å². The first-order chi connectivity index (χ1) is 10.3. The first-order valence-electron chi connectivity index (χ1n) is 7.52. The molecule has 1 N–H and O–H groups in total. The third-order valence-corrected chi connectivity index (χ3v) is 5.23. The molecule has 3 nitrogen and oxygen atoms in total. The second-order valence-electron chi connectivity index (χ2n) is 5.65. The molecule has 1 aliphatic carbocycles. The van der Waals surface area contributed by atoms with E-state index < -0.39 is 0 Å². The summed E-state index contributed by atoms with van der Waals surface area (Å²) in [7, 11) is 1.92. The molecule has 2 aromatic rings. The van der Waals surface area contributed by atoms with Crippen LogP contribution in [0.5, 0.6) is 0 Å². The van der Waals surface area contributed by atoms with Gasteiger partial charge in [0.05, 0.1) is 8.99 Å². The number of hydrogen-bond donors (Lipinski definition) is 1. The van der Waals surface area contributed by atoms with Crippen molar-refractivity contribution in [3.05, 3.63) is 51.5 Å². The van der Waals surface area contributed by atoms with E-state index in [4.69, 9.17) is 9.97 Å². The molecule has 1 aliphatic rings. The lowest BCUT2D eigenvalue weighted by atomic mass is 9.69. The summed E-state index contributed by atoms with van der Waals surface area (Å²) >= 11 is 2.28. The monoisotopic (exact) mass is 393 g/mol. The molecule has 0 bridgehead atoms. The zero-order valence-corrected chi connectivity index (χ0v) is 14.4. The van der Waals surface area contributed by atoms with Crippen molar-refractivity contribution in [2.24, 2.45) is 0 Å². The smallest absolute Gasteiger partial charge is 0.142 e. The van der Waals surface area contributed by atoms with E-state index in [1.807, 2.05) is 13.2 Å². The van der Waals surface area contributed by atoms with Crippen molar-refractivity contribution in [2.75, 3.05) is 12.4 Å². The minimum Gasteiger partial charge on any atom is -0.372 e. The molecule has 0 spiro atoms. The van der Waals surface area contributed by atoms with Gasteiger partial charge in [0.2, 0.25) is 0 Å². The maximum Gasteiger partial charge on any atom is 0.142 e. The first-order valence-corrected chi connectivity index (χ1v) is 8.60. The molecule has 1 fully saturated rings. The van der Waals surface area contributed by atoms with E-state index in [0.29, 0.717) is 0 Å². The van der Waals surface area contributed by atoms with Crippen LogP contribution in [0.15, 0.2) is 36.5 Å². The number of benzene rings is 1. The zero-order chi connectivity index (χ0) is 14.7. The van der Waals surface area contributed by atoms with Crippen molar-refractivity contribution in [3.8, 4) is 0 Å². The average Bonchev–Trinajstić information content (AvgIpc) is 2.57. The van der Waals surface area contributed by atoms with Crippen molar-refractivity contribution >= 4 is 28.4 Å². The number of anilines is 1. The lowest BCUT2D eigenvalue weighted by Crippen LogP contribution is -2.33. The SMILES string of the molecule is CNc1nc(C2(c3ccccc3)CCCCC2)ncc1I. The van der Waals surface area contributed by atoms with Crippen LogP contribution in [0.4, 0.5) is 5.82 Å². The molecule has 0 amide bonds. The normalized spacial score (nSPS) is 17.4. The highest BCUT2D eigenvalue weighted by Gasteiger charge is 2.38. The molecule has 4 heteroatoms. The predicted octanol–water partition coefficient (Wildman–Crippen LogP) is 4.37. The second kappa shape index (κ2) is 6.30. The standard InChI is InChI=1S/C17H20IN3/c1-19-15-14(18)12-20-16(21-15)17(10-6-3-7-11-17)13-8-4-2-5-9-13/h2,4-5,8-9,12H,3,6-7,10-11H2,1H3,(H,19,20,21). The average molecular weight is 393 g/mol. The van der Waals surface area contributed by atoms with Gasteiger partial charge in [-0.2, -0.15) is 0 Å². The third-order valence-electron chi connectivity index (χ3n) is 4.44. The van der Waals surface area contributed by atoms with Crippen molar-refractivity contribution in [3.63, 3.8) is 0 Å². The summed E-state index contributed by atoms with van der Waals surface area (Å²) in [6.45, 7) is 0. The lowest BCUT2D eigenvalue weighted by molar-refractivity contribution is 0.330. The number of hydrogen-bond acceptors (Lipinski definition) is 3. The van der Waals surface area contributed by atoms with Gasteiger partial charge in [0.1, 0.15) is 11.6 Å². The number of nitrogens with one attached hydrogen (secondary N) is 1. The van der Waals surface area contributed by atoms with Gasteiger partial charge in [-0.3, -0.25) is 0 Å². The Morgan fingerprint density at radius 2 is 1.81 bits per heavy atom. The lowest BCUT2D eigenvalue weighted by Gasteiger charge is -2.36. The maximum absolute atomic E-state index is 4.83. The van der Waals surface area contributed by atoms with Gasteiger partial charge in [-0.1, -0.05) is 49.6 Å². The summed E-state index contributed by atoms with van der Waals surface area (Å²) in [5, 5.41) is 3.18. The van der Waals surface area contributed by atoms with E-state index in [9.17, 15) is 0 Å². The topological polar surface area (TPSA) is 37.8 Å². The van der Waals surface area contributed by atoms with Gasteiger partial charge in [0.25, 0.3) is 0 Å². The highest BCUT2D eigenvalue weighted by Crippen LogP contribution is 2.43. The fourth-order valence-electron chi connectivity index (χ4n) is 3.33. The summed E-state index contributed by atoms with van der Waals surface area (Å²) in [5.41, 5.74) is 1.34. The minimum absolute atomic E-state index is 0.0184. The second-order valence-corrected chi connectivity index (χ2v) is 6.81. The maximum atomic E-state index is 4.83. The molecule has 0 atom stereocenters. The fourth-order valence-corrected chi connectivity index (χ4v) is 3.86. The Morgan fingerprint density at radius 3 is 2.48 bits per heavy atom. The summed E-state index contributed by atoms with van der Waals surface area (Å²) in [5.74, 6) is 1.90. The molecule has 21 heavy (non-hydrogen) atoms. The Kier molecular flexibility index (Phi) is 4.42. The highest BCUT2D eigenvalue weighted by atomic mass is 127. The van der Waals surface area contributed by atoms with Gasteiger partial charge >= 0.3 is 0 Å². The number of halogens is 1. The Balaban J connectivity index is 2.12. The molecule has 0 unspecified atom stereocenters. The van der Waals surface area contributed by atoms with Gasteiger partial charge < -0.3 is 5.32 Å². The predicted molar refractivity (Wildman–Crippen MR) is 94.6 cm³/mol. The highest BCUT2D eigenvalue weighted by molar-refractivity contribution is 14.1. The van der Waals surface area contributed by atoms with Crippen molar-refractivity contribution in [1.29, 1.82) is 0 Å². The van der Waals surface area contributed by atoms with E-state index in [2.05, 4.69) is 58.2 Å². The van der Waals surface area contributed by atoms with Gasteiger partial charge in [-0.25, -0.2) is 9.97 Å². The zero-order valence-electron chi connectivity index (χ0n) is 12.3. The Morgan fingerprint density at radius 1 is 1.10 bits per heavy atom. The molecule has 1 saturated carbocycles. The van der Waals surface area contributed by atoms with Crippen LogP contribution in [0.3, 0.4) is 0 Å². The van der Waals surface area contributed by atoms with Crippen LogP contribution in [0, 0.1) is 3.57 Å². The summed E-state index contributed by atoms with van der Waals surface area (Å²) in [4.78, 5) is 9.53. The van der Waals surface area contributed by atoms with Crippen molar-refractivity contribution < 1.29 is 0 Å². The van der Waals surface area contributed by atoms with Crippen LogP contribution in [-0.2, 0) is 5.41 Å². The van der Waals surface area contributed by atoms with Gasteiger partial charge in [0, 0.05) is 13.2 Å². The van der Waals surface area contributed by atoms with Crippen LogP contribution < -0.4 is 5.32 Å². The molecule has 0 radical (unpaired) electrons. The molecule has 1 aromatic heterocycles. The van der Waals surface area contributed by atoms with Gasteiger partial charge in [-0.05, 0) is 41.0 Å². The van der Waals surface area contributed by atoms with E-state index in [-0.39, 0.29) is 5.41 Å². The van der Waals surface area contributed by atoms with Crippen LogP contribution in [0.2, 0.25) is 0 Å². The van der Waals surface area contributed by atoms with Crippen LogP contribution in [-0.4, -0.2) is 17.0 Å². The van der Waals surface area contributed by atoms with Gasteiger partial charge in [0.15, 0.2) is 0 Å².